The molecule has 2 atom stereocenters. The second kappa shape index (κ2) is 11.9. The first-order valence-electron chi connectivity index (χ1n) is 13.2. The number of carboxylic acids is 1. The number of carboxylic acid groups (broad SMARTS) is 1. The van der Waals surface area contributed by atoms with Gasteiger partial charge in [-0.1, -0.05) is 25.6 Å². The Labute approximate surface area is 220 Å². The van der Waals surface area contributed by atoms with Crippen LogP contribution >= 0.6 is 0 Å². The molecular weight excluding hydrogens is 462 g/mol. The van der Waals surface area contributed by atoms with Crippen LogP contribution in [0.1, 0.15) is 67.2 Å². The third-order valence-electron chi connectivity index (χ3n) is 7.63. The number of hydrogen-bond acceptors (Lipinski definition) is 5. The van der Waals surface area contributed by atoms with E-state index < -0.39 is 5.97 Å². The monoisotopic (exact) mass is 503 g/mol. The van der Waals surface area contributed by atoms with Gasteiger partial charge < -0.3 is 15.3 Å². The maximum absolute atomic E-state index is 11.7. The lowest BCUT2D eigenvalue weighted by atomic mass is 9.94. The van der Waals surface area contributed by atoms with E-state index in [1.54, 1.807) is 0 Å². The minimum Gasteiger partial charge on any atom is -0.481 e. The molecule has 37 heavy (non-hydrogen) atoms. The largest absolute Gasteiger partial charge is 0.481 e. The van der Waals surface area contributed by atoms with Crippen LogP contribution in [0.15, 0.2) is 42.5 Å². The molecule has 0 radical (unpaired) electrons. The maximum atomic E-state index is 11.7. The number of aromatic nitrogens is 3. The van der Waals surface area contributed by atoms with Crippen LogP contribution in [-0.4, -0.2) is 56.9 Å². The van der Waals surface area contributed by atoms with Crippen molar-refractivity contribution in [1.82, 2.24) is 19.7 Å². The van der Waals surface area contributed by atoms with Crippen molar-refractivity contribution in [1.29, 1.82) is 0 Å². The number of benzene rings is 1. The van der Waals surface area contributed by atoms with Crippen LogP contribution < -0.4 is 5.32 Å². The van der Waals surface area contributed by atoms with Gasteiger partial charge in [0, 0.05) is 36.9 Å². The molecule has 0 bridgehead atoms. The summed E-state index contributed by atoms with van der Waals surface area (Å²) in [5, 5.41) is 17.7. The lowest BCUT2D eigenvalue weighted by Crippen LogP contribution is -2.28. The zero-order valence-electron chi connectivity index (χ0n) is 21.4. The second-order valence-corrected chi connectivity index (χ2v) is 10.5. The smallest absolute Gasteiger partial charge is 0.304 e. The molecule has 7 heteroatoms. The molecular formula is C30H41N5O2. The number of nitrogens with zero attached hydrogens (tertiary/aromatic N) is 4. The summed E-state index contributed by atoms with van der Waals surface area (Å²) < 4.78 is 1.94. The number of rotatable bonds is 9. The maximum Gasteiger partial charge on any atom is 0.304 e. The van der Waals surface area contributed by atoms with Crippen molar-refractivity contribution in [2.24, 2.45) is 5.92 Å². The Kier molecular flexibility index (Phi) is 8.64. The van der Waals surface area contributed by atoms with Crippen molar-refractivity contribution < 1.29 is 9.90 Å². The zero-order valence-corrected chi connectivity index (χ0v) is 21.4. The average Bonchev–Trinajstić information content (AvgIpc) is 3.47. The molecule has 1 fully saturated rings. The van der Waals surface area contributed by atoms with Crippen molar-refractivity contribution in [3.8, 4) is 5.69 Å². The molecule has 2 N–H and O–H groups in total. The van der Waals surface area contributed by atoms with Gasteiger partial charge in [-0.3, -0.25) is 4.79 Å². The number of likely N-dealkylation sites (tertiary alicyclic amines) is 1. The lowest BCUT2D eigenvalue weighted by molar-refractivity contribution is -0.137. The van der Waals surface area contributed by atoms with E-state index in [9.17, 15) is 9.90 Å². The highest BCUT2D eigenvalue weighted by molar-refractivity contribution is 5.68. The summed E-state index contributed by atoms with van der Waals surface area (Å²) in [6, 6.07) is 14.7. The van der Waals surface area contributed by atoms with Crippen LogP contribution in [0.5, 0.6) is 0 Å². The van der Waals surface area contributed by atoms with E-state index >= 15 is 0 Å². The normalized spacial score (nSPS) is 18.1. The van der Waals surface area contributed by atoms with E-state index in [1.807, 2.05) is 30.7 Å². The molecule has 7 nitrogen and oxygen atoms in total. The Morgan fingerprint density at radius 2 is 2.08 bits per heavy atom. The standard InChI is InChI=1S/C29H37N5O2.CH4/c1-20-15-21(2)34(32-20)27-7-3-5-24(16-27)25(17-28(35)36)19-33-14-12-22(18-33)8-10-26-11-9-23-6-4-13-30-29(23)31-26;/h3,5,7,9,11,15-16,22,25H,4,6,8,10,12-14,17-19H2,1-2H3,(H,30,31)(H,35,36);1H4/t22-,25-;/m1./s1. The van der Waals surface area contributed by atoms with Gasteiger partial charge >= 0.3 is 5.97 Å². The molecule has 1 aromatic carbocycles. The molecule has 1 saturated heterocycles. The van der Waals surface area contributed by atoms with Crippen LogP contribution in [0.3, 0.4) is 0 Å². The van der Waals surface area contributed by atoms with E-state index in [4.69, 9.17) is 4.98 Å². The summed E-state index contributed by atoms with van der Waals surface area (Å²) >= 11 is 0. The Balaban J connectivity index is 0.00000320. The average molecular weight is 504 g/mol. The fourth-order valence-corrected chi connectivity index (χ4v) is 5.79. The number of hydrogen-bond donors (Lipinski definition) is 2. The molecule has 4 heterocycles. The molecule has 5 rings (SSSR count). The van der Waals surface area contributed by atoms with Gasteiger partial charge in [0.05, 0.1) is 17.8 Å². The van der Waals surface area contributed by atoms with Gasteiger partial charge in [-0.15, -0.1) is 0 Å². The molecule has 0 aliphatic carbocycles. The van der Waals surface area contributed by atoms with Gasteiger partial charge in [-0.2, -0.15) is 5.10 Å². The summed E-state index contributed by atoms with van der Waals surface area (Å²) in [4.78, 5) is 19.1. The number of nitrogens with one attached hydrogen (secondary N) is 1. The summed E-state index contributed by atoms with van der Waals surface area (Å²) in [5.74, 6) is 0.902. The van der Waals surface area contributed by atoms with Crippen molar-refractivity contribution in [3.63, 3.8) is 0 Å². The third kappa shape index (κ3) is 6.58. The Morgan fingerprint density at radius 3 is 2.86 bits per heavy atom. The number of carbonyl (C=O) groups is 1. The Hall–Kier alpha value is -3.19. The van der Waals surface area contributed by atoms with Gasteiger partial charge in [0.25, 0.3) is 0 Å². The highest BCUT2D eigenvalue weighted by Crippen LogP contribution is 2.29. The second-order valence-electron chi connectivity index (χ2n) is 10.5. The first-order chi connectivity index (χ1) is 17.4. The van der Waals surface area contributed by atoms with E-state index in [2.05, 4.69) is 45.6 Å². The SMILES string of the molecule is C.Cc1cc(C)n(-c2cccc([C@H](CC(=O)O)CN3CC[C@@H](CCc4ccc5c(n4)NCCC5)C3)c2)n1. The van der Waals surface area contributed by atoms with Gasteiger partial charge in [-0.25, -0.2) is 9.67 Å². The zero-order chi connectivity index (χ0) is 25.1. The third-order valence-corrected chi connectivity index (χ3v) is 7.63. The number of anilines is 1. The molecule has 0 unspecified atom stereocenters. The minimum absolute atomic E-state index is 0. The fourth-order valence-electron chi connectivity index (χ4n) is 5.79. The molecule has 0 amide bonds. The molecule has 2 aromatic heterocycles. The van der Waals surface area contributed by atoms with Gasteiger partial charge in [0.15, 0.2) is 0 Å². The predicted molar refractivity (Wildman–Crippen MR) is 149 cm³/mol. The fraction of sp³-hybridized carbons (Fsp3) is 0.500. The van der Waals surface area contributed by atoms with Crippen molar-refractivity contribution in [2.45, 2.75) is 65.7 Å². The lowest BCUT2D eigenvalue weighted by Gasteiger charge is -2.24. The van der Waals surface area contributed by atoms with Crippen LogP contribution in [0.2, 0.25) is 0 Å². The van der Waals surface area contributed by atoms with Crippen LogP contribution in [0, 0.1) is 19.8 Å². The van der Waals surface area contributed by atoms with Crippen LogP contribution in [0.4, 0.5) is 5.82 Å². The predicted octanol–water partition coefficient (Wildman–Crippen LogP) is 5.39. The molecule has 2 aliphatic rings. The molecule has 0 saturated carbocycles. The minimum atomic E-state index is -0.751. The van der Waals surface area contributed by atoms with Crippen molar-refractivity contribution >= 4 is 11.8 Å². The summed E-state index contributed by atoms with van der Waals surface area (Å²) in [6.07, 6.45) is 5.72. The number of fused-ring (bicyclic) bond motifs is 1. The summed E-state index contributed by atoms with van der Waals surface area (Å²) in [5.41, 5.74) is 6.61. The quantitative estimate of drug-likeness (QED) is 0.407. The first-order valence-corrected chi connectivity index (χ1v) is 13.2. The molecule has 3 aromatic rings. The summed E-state index contributed by atoms with van der Waals surface area (Å²) in [6.45, 7) is 7.87. The van der Waals surface area contributed by atoms with Crippen molar-refractivity contribution in [2.75, 3.05) is 31.5 Å². The number of aliphatic carboxylic acids is 1. The van der Waals surface area contributed by atoms with Gasteiger partial charge in [0.2, 0.25) is 0 Å². The molecule has 198 valence electrons. The highest BCUT2D eigenvalue weighted by atomic mass is 16.4. The van der Waals surface area contributed by atoms with E-state index in [-0.39, 0.29) is 19.8 Å². The van der Waals surface area contributed by atoms with E-state index in [0.717, 1.165) is 80.3 Å². The van der Waals surface area contributed by atoms with E-state index in [1.165, 1.54) is 17.7 Å². The number of pyridine rings is 1. The van der Waals surface area contributed by atoms with Gasteiger partial charge in [-0.05, 0) is 93.8 Å². The van der Waals surface area contributed by atoms with Crippen molar-refractivity contribution in [3.05, 3.63) is 70.7 Å². The highest BCUT2D eigenvalue weighted by Gasteiger charge is 2.27. The topological polar surface area (TPSA) is 83.3 Å². The van der Waals surface area contributed by atoms with Crippen LogP contribution in [0.25, 0.3) is 5.69 Å². The molecule has 0 spiro atoms. The van der Waals surface area contributed by atoms with Crippen LogP contribution in [-0.2, 0) is 17.6 Å². The van der Waals surface area contributed by atoms with E-state index in [0.29, 0.717) is 5.92 Å². The Bertz CT molecular complexity index is 1220. The summed E-state index contributed by atoms with van der Waals surface area (Å²) in [7, 11) is 0. The van der Waals surface area contributed by atoms with Gasteiger partial charge in [0.1, 0.15) is 5.82 Å². The number of aryl methyl sites for hydroxylation is 4. The molecule has 2 aliphatic heterocycles. The Morgan fingerprint density at radius 1 is 1.22 bits per heavy atom. The first kappa shape index (κ1) is 26.9.